The summed E-state index contributed by atoms with van der Waals surface area (Å²) >= 11 is 0. The van der Waals surface area contributed by atoms with Crippen molar-refractivity contribution in [2.45, 2.75) is 13.5 Å². The number of hydrogen-bond acceptors (Lipinski definition) is 6. The molecule has 0 aliphatic carbocycles. The third-order valence-corrected chi connectivity index (χ3v) is 4.34. The van der Waals surface area contributed by atoms with E-state index in [9.17, 15) is 18.8 Å². The fourth-order valence-corrected chi connectivity index (χ4v) is 2.87. The zero-order valence-electron chi connectivity index (χ0n) is 16.3. The number of aromatic nitrogens is 4. The summed E-state index contributed by atoms with van der Waals surface area (Å²) in [6, 6.07) is 11.8. The Kier molecular flexibility index (Phi) is 5.27. The largest absolute Gasteiger partial charge is 0.436 e. The molecule has 9 nitrogen and oxygen atoms in total. The summed E-state index contributed by atoms with van der Waals surface area (Å²) < 4.78 is 20.9. The van der Waals surface area contributed by atoms with Gasteiger partial charge in [0.25, 0.3) is 5.88 Å². The van der Waals surface area contributed by atoms with Crippen LogP contribution in [0.5, 0.6) is 11.6 Å². The summed E-state index contributed by atoms with van der Waals surface area (Å²) in [6.45, 7) is 1.07. The molecule has 0 unspecified atom stereocenters. The molecule has 2 aromatic carbocycles. The molecule has 0 saturated carbocycles. The summed E-state index contributed by atoms with van der Waals surface area (Å²) in [5.74, 6) is -0.709. The first-order valence-electron chi connectivity index (χ1n) is 9.19. The zero-order valence-corrected chi connectivity index (χ0v) is 16.3. The normalized spacial score (nSPS) is 10.8. The number of nitrogens with one attached hydrogen (secondary N) is 1. The maximum atomic E-state index is 13.1. The van der Waals surface area contributed by atoms with Crippen LogP contribution in [0.2, 0.25) is 0 Å². The maximum absolute atomic E-state index is 13.1. The predicted octanol–water partition coefficient (Wildman–Crippen LogP) is 2.66. The number of rotatable bonds is 6. The van der Waals surface area contributed by atoms with Gasteiger partial charge in [-0.3, -0.25) is 9.59 Å². The Morgan fingerprint density at radius 2 is 1.94 bits per heavy atom. The topological polar surface area (TPSA) is 108 Å². The van der Waals surface area contributed by atoms with Gasteiger partial charge in [-0.1, -0.05) is 12.1 Å². The Labute approximate surface area is 174 Å². The summed E-state index contributed by atoms with van der Waals surface area (Å²) in [6.07, 6.45) is 2.75. The van der Waals surface area contributed by atoms with Crippen LogP contribution in [0.1, 0.15) is 17.3 Å². The SMILES string of the molecule is CC(=O)c1cccc(NC(=O)Cn2nc3c(Oc4ccc(F)cc4)nccn3c2=O)c1. The molecule has 0 bridgehead atoms. The highest BCUT2D eigenvalue weighted by atomic mass is 19.1. The van der Waals surface area contributed by atoms with E-state index in [1.807, 2.05) is 0 Å². The Morgan fingerprint density at radius 3 is 2.68 bits per heavy atom. The lowest BCUT2D eigenvalue weighted by Crippen LogP contribution is -2.28. The van der Waals surface area contributed by atoms with Crippen molar-refractivity contribution in [3.63, 3.8) is 0 Å². The van der Waals surface area contributed by atoms with E-state index >= 15 is 0 Å². The van der Waals surface area contributed by atoms with E-state index in [0.29, 0.717) is 17.0 Å². The first-order valence-corrected chi connectivity index (χ1v) is 9.19. The van der Waals surface area contributed by atoms with Crippen LogP contribution in [0.3, 0.4) is 0 Å². The molecule has 10 heteroatoms. The van der Waals surface area contributed by atoms with Gasteiger partial charge in [-0.2, -0.15) is 0 Å². The first kappa shape index (κ1) is 20.0. The molecule has 1 N–H and O–H groups in total. The van der Waals surface area contributed by atoms with Gasteiger partial charge >= 0.3 is 5.69 Å². The van der Waals surface area contributed by atoms with E-state index in [1.54, 1.807) is 24.3 Å². The van der Waals surface area contributed by atoms with E-state index in [1.165, 1.54) is 48.0 Å². The van der Waals surface area contributed by atoms with Gasteiger partial charge in [0, 0.05) is 23.6 Å². The molecule has 0 fully saturated rings. The van der Waals surface area contributed by atoms with Crippen molar-refractivity contribution in [3.05, 3.63) is 82.8 Å². The lowest BCUT2D eigenvalue weighted by atomic mass is 10.1. The smallest absolute Gasteiger partial charge is 0.351 e. The Hall–Kier alpha value is -4.34. The van der Waals surface area contributed by atoms with E-state index in [4.69, 9.17) is 4.74 Å². The average molecular weight is 421 g/mol. The number of carbonyl (C=O) groups excluding carboxylic acids is 2. The first-order chi connectivity index (χ1) is 14.9. The number of ketones is 1. The van der Waals surface area contributed by atoms with Gasteiger partial charge in [-0.25, -0.2) is 23.3 Å². The summed E-state index contributed by atoms with van der Waals surface area (Å²) in [5, 5.41) is 6.78. The van der Waals surface area contributed by atoms with E-state index in [2.05, 4.69) is 15.4 Å². The molecule has 0 saturated heterocycles. The molecule has 4 rings (SSSR count). The molecule has 4 aromatic rings. The predicted molar refractivity (Wildman–Crippen MR) is 109 cm³/mol. The van der Waals surface area contributed by atoms with Crippen LogP contribution in [0.25, 0.3) is 5.65 Å². The van der Waals surface area contributed by atoms with Gasteiger partial charge in [-0.05, 0) is 43.3 Å². The zero-order chi connectivity index (χ0) is 22.0. The van der Waals surface area contributed by atoms with Crippen LogP contribution in [0, 0.1) is 5.82 Å². The second-order valence-corrected chi connectivity index (χ2v) is 6.61. The number of halogens is 1. The third-order valence-electron chi connectivity index (χ3n) is 4.34. The molecular weight excluding hydrogens is 405 g/mol. The summed E-state index contributed by atoms with van der Waals surface area (Å²) in [5.41, 5.74) is 0.421. The van der Waals surface area contributed by atoms with Crippen molar-refractivity contribution in [3.8, 4) is 11.6 Å². The Balaban J connectivity index is 1.57. The van der Waals surface area contributed by atoms with Crippen molar-refractivity contribution < 1.29 is 18.7 Å². The quantitative estimate of drug-likeness (QED) is 0.480. The Morgan fingerprint density at radius 1 is 1.16 bits per heavy atom. The number of nitrogens with zero attached hydrogens (tertiary/aromatic N) is 4. The molecule has 0 radical (unpaired) electrons. The molecule has 0 aliphatic rings. The minimum absolute atomic E-state index is 0.0273. The van der Waals surface area contributed by atoms with Gasteiger partial charge < -0.3 is 10.1 Å². The number of Topliss-reactive ketones (excluding diaryl/α,β-unsaturated/α-hetero) is 1. The van der Waals surface area contributed by atoms with Crippen molar-refractivity contribution in [2.75, 3.05) is 5.32 Å². The Bertz CT molecular complexity index is 1340. The van der Waals surface area contributed by atoms with Crippen LogP contribution < -0.4 is 15.7 Å². The lowest BCUT2D eigenvalue weighted by molar-refractivity contribution is -0.117. The lowest BCUT2D eigenvalue weighted by Gasteiger charge is -2.06. The van der Waals surface area contributed by atoms with Crippen molar-refractivity contribution in [2.24, 2.45) is 0 Å². The fraction of sp³-hybridized carbons (Fsp3) is 0.0952. The number of ether oxygens (including phenoxy) is 1. The average Bonchev–Trinajstić information content (AvgIpc) is 3.06. The minimum Gasteiger partial charge on any atom is -0.436 e. The van der Waals surface area contributed by atoms with Crippen LogP contribution in [-0.2, 0) is 11.3 Å². The number of fused-ring (bicyclic) bond motifs is 1. The minimum atomic E-state index is -0.561. The molecule has 31 heavy (non-hydrogen) atoms. The second-order valence-electron chi connectivity index (χ2n) is 6.61. The fourth-order valence-electron chi connectivity index (χ4n) is 2.87. The monoisotopic (exact) mass is 421 g/mol. The highest BCUT2D eigenvalue weighted by Crippen LogP contribution is 2.22. The van der Waals surface area contributed by atoms with Gasteiger partial charge in [0.05, 0.1) is 0 Å². The molecular formula is C21H16FN5O4. The number of amides is 1. The van der Waals surface area contributed by atoms with E-state index < -0.39 is 17.4 Å². The van der Waals surface area contributed by atoms with Gasteiger partial charge in [0.15, 0.2) is 5.78 Å². The number of carbonyl (C=O) groups is 2. The van der Waals surface area contributed by atoms with Gasteiger partial charge in [0.2, 0.25) is 11.6 Å². The van der Waals surface area contributed by atoms with Gasteiger partial charge in [-0.15, -0.1) is 5.10 Å². The molecule has 0 atom stereocenters. The molecule has 0 aliphatic heterocycles. The standard InChI is InChI=1S/C21H16FN5O4/c1-13(28)14-3-2-4-16(11-14)24-18(29)12-27-21(30)26-10-9-23-20(19(26)25-27)31-17-7-5-15(22)6-8-17/h2-11H,12H2,1H3,(H,24,29). The highest BCUT2D eigenvalue weighted by Gasteiger charge is 2.16. The number of anilines is 1. The molecule has 2 heterocycles. The second kappa shape index (κ2) is 8.19. The van der Waals surface area contributed by atoms with Crippen molar-refractivity contribution >= 4 is 23.0 Å². The van der Waals surface area contributed by atoms with Crippen LogP contribution in [0.4, 0.5) is 10.1 Å². The van der Waals surface area contributed by atoms with E-state index in [0.717, 1.165) is 4.68 Å². The van der Waals surface area contributed by atoms with E-state index in [-0.39, 0.29) is 23.9 Å². The van der Waals surface area contributed by atoms with Crippen LogP contribution in [-0.4, -0.2) is 30.9 Å². The number of hydrogen-bond donors (Lipinski definition) is 1. The maximum Gasteiger partial charge on any atom is 0.351 e. The molecule has 2 aromatic heterocycles. The van der Waals surface area contributed by atoms with Crippen molar-refractivity contribution in [1.29, 1.82) is 0 Å². The molecule has 0 spiro atoms. The summed E-state index contributed by atoms with van der Waals surface area (Å²) in [7, 11) is 0. The van der Waals surface area contributed by atoms with Crippen molar-refractivity contribution in [1.82, 2.24) is 19.2 Å². The van der Waals surface area contributed by atoms with Gasteiger partial charge in [0.1, 0.15) is 18.1 Å². The highest BCUT2D eigenvalue weighted by molar-refractivity contribution is 5.97. The molecule has 1 amide bonds. The third kappa shape index (κ3) is 4.32. The molecule has 156 valence electrons. The van der Waals surface area contributed by atoms with Crippen LogP contribution in [0.15, 0.2) is 65.7 Å². The summed E-state index contributed by atoms with van der Waals surface area (Å²) in [4.78, 5) is 40.6. The van der Waals surface area contributed by atoms with Crippen LogP contribution >= 0.6 is 0 Å². The number of benzene rings is 2.